The van der Waals surface area contributed by atoms with Gasteiger partial charge in [0.05, 0.1) is 6.04 Å². The summed E-state index contributed by atoms with van der Waals surface area (Å²) in [6, 6.07) is -0.0759. The maximum Gasteiger partial charge on any atom is 0.147 e. The number of nitrogens with one attached hydrogen (secondary N) is 1. The van der Waals surface area contributed by atoms with Gasteiger partial charge in [-0.1, -0.05) is 13.8 Å². The first kappa shape index (κ1) is 17.3. The average Bonchev–Trinajstić information content (AvgIpc) is 2.28. The van der Waals surface area contributed by atoms with Crippen molar-refractivity contribution < 1.29 is 9.59 Å². The van der Waals surface area contributed by atoms with E-state index >= 15 is 0 Å². The standard InChI is InChI=1S/C14H28N2O2/c1-6-16(7-2)9-8-11(3)15-14(13(5)18)10-12(4)17/h11,14-15H,6-10H2,1-5H3. The van der Waals surface area contributed by atoms with Gasteiger partial charge >= 0.3 is 0 Å². The molecule has 0 bridgehead atoms. The molecule has 0 rings (SSSR count). The molecule has 0 heterocycles. The van der Waals surface area contributed by atoms with E-state index in [1.54, 1.807) is 0 Å². The Balaban J connectivity index is 4.13. The van der Waals surface area contributed by atoms with Crippen LogP contribution in [0.25, 0.3) is 0 Å². The molecule has 0 fully saturated rings. The minimum atomic E-state index is -0.325. The predicted molar refractivity (Wildman–Crippen MR) is 74.8 cm³/mol. The van der Waals surface area contributed by atoms with E-state index in [2.05, 4.69) is 31.0 Å². The molecule has 0 spiro atoms. The lowest BCUT2D eigenvalue weighted by Gasteiger charge is -2.24. The first-order valence-corrected chi connectivity index (χ1v) is 6.88. The zero-order valence-corrected chi connectivity index (χ0v) is 12.5. The summed E-state index contributed by atoms with van der Waals surface area (Å²) in [6.45, 7) is 12.5. The van der Waals surface area contributed by atoms with Crippen molar-refractivity contribution in [2.24, 2.45) is 0 Å². The van der Waals surface area contributed by atoms with Gasteiger partial charge < -0.3 is 10.2 Å². The quantitative estimate of drug-likeness (QED) is 0.645. The Morgan fingerprint density at radius 3 is 2.11 bits per heavy atom. The van der Waals surface area contributed by atoms with Gasteiger partial charge in [-0.2, -0.15) is 0 Å². The molecule has 0 aliphatic rings. The number of ketones is 2. The fourth-order valence-electron chi connectivity index (χ4n) is 1.95. The minimum absolute atomic E-state index is 0.0416. The third-order valence-corrected chi connectivity index (χ3v) is 3.24. The monoisotopic (exact) mass is 256 g/mol. The van der Waals surface area contributed by atoms with Gasteiger partial charge in [-0.25, -0.2) is 0 Å². The van der Waals surface area contributed by atoms with Crippen molar-refractivity contribution in [1.29, 1.82) is 0 Å². The lowest BCUT2D eigenvalue weighted by atomic mass is 10.1. The number of hydrogen-bond donors (Lipinski definition) is 1. The van der Waals surface area contributed by atoms with Crippen molar-refractivity contribution in [3.8, 4) is 0 Å². The van der Waals surface area contributed by atoms with Crippen molar-refractivity contribution in [3.05, 3.63) is 0 Å². The van der Waals surface area contributed by atoms with Crippen molar-refractivity contribution in [3.63, 3.8) is 0 Å². The van der Waals surface area contributed by atoms with Crippen LogP contribution in [-0.4, -0.2) is 48.2 Å². The number of rotatable bonds is 10. The molecule has 4 heteroatoms. The summed E-state index contributed by atoms with van der Waals surface area (Å²) >= 11 is 0. The Bertz CT molecular complexity index is 263. The van der Waals surface area contributed by atoms with Gasteiger partial charge in [0.1, 0.15) is 11.6 Å². The molecule has 2 unspecified atom stereocenters. The number of carbonyl (C=O) groups is 2. The second-order valence-corrected chi connectivity index (χ2v) is 4.95. The number of carbonyl (C=O) groups excluding carboxylic acids is 2. The molecule has 2 atom stereocenters. The normalized spacial score (nSPS) is 14.6. The van der Waals surface area contributed by atoms with Gasteiger partial charge in [0.25, 0.3) is 0 Å². The summed E-state index contributed by atoms with van der Waals surface area (Å²) < 4.78 is 0. The SMILES string of the molecule is CCN(CC)CCC(C)NC(CC(C)=O)C(C)=O. The topological polar surface area (TPSA) is 49.4 Å². The molecule has 0 radical (unpaired) electrons. The van der Waals surface area contributed by atoms with Crippen LogP contribution < -0.4 is 5.32 Å². The lowest BCUT2D eigenvalue weighted by Crippen LogP contribution is -2.43. The van der Waals surface area contributed by atoms with Crippen molar-refractivity contribution >= 4 is 11.6 Å². The summed E-state index contributed by atoms with van der Waals surface area (Å²) in [5.41, 5.74) is 0. The lowest BCUT2D eigenvalue weighted by molar-refractivity contribution is -0.124. The van der Waals surface area contributed by atoms with Crippen LogP contribution in [0.15, 0.2) is 0 Å². The van der Waals surface area contributed by atoms with Gasteiger partial charge in [0, 0.05) is 12.5 Å². The minimum Gasteiger partial charge on any atom is -0.305 e. The molecule has 0 aromatic rings. The molecule has 0 saturated heterocycles. The molecule has 0 saturated carbocycles. The molecule has 106 valence electrons. The smallest absolute Gasteiger partial charge is 0.147 e. The number of Topliss-reactive ketones (excluding diaryl/α,β-unsaturated/α-hetero) is 2. The molecule has 0 aromatic carbocycles. The summed E-state index contributed by atoms with van der Waals surface area (Å²) in [5.74, 6) is 0.0959. The summed E-state index contributed by atoms with van der Waals surface area (Å²) in [7, 11) is 0. The van der Waals surface area contributed by atoms with E-state index in [1.165, 1.54) is 13.8 Å². The molecule has 0 aliphatic carbocycles. The summed E-state index contributed by atoms with van der Waals surface area (Å²) in [5, 5.41) is 3.25. The maximum absolute atomic E-state index is 11.4. The zero-order valence-electron chi connectivity index (χ0n) is 12.5. The molecule has 0 aliphatic heterocycles. The largest absolute Gasteiger partial charge is 0.305 e. The maximum atomic E-state index is 11.4. The van der Waals surface area contributed by atoms with Crippen LogP contribution in [0, 0.1) is 0 Å². The Morgan fingerprint density at radius 1 is 1.17 bits per heavy atom. The van der Waals surface area contributed by atoms with Crippen LogP contribution in [0.4, 0.5) is 0 Å². The van der Waals surface area contributed by atoms with Gasteiger partial charge in [0.2, 0.25) is 0 Å². The van der Waals surface area contributed by atoms with Gasteiger partial charge in [-0.3, -0.25) is 9.59 Å². The van der Waals surface area contributed by atoms with Crippen LogP contribution >= 0.6 is 0 Å². The highest BCUT2D eigenvalue weighted by molar-refractivity contribution is 5.88. The first-order valence-electron chi connectivity index (χ1n) is 6.88. The van der Waals surface area contributed by atoms with Crippen molar-refractivity contribution in [1.82, 2.24) is 10.2 Å². The molecular formula is C14H28N2O2. The third-order valence-electron chi connectivity index (χ3n) is 3.24. The van der Waals surface area contributed by atoms with Crippen molar-refractivity contribution in [2.75, 3.05) is 19.6 Å². The molecule has 4 nitrogen and oxygen atoms in total. The van der Waals surface area contributed by atoms with Gasteiger partial charge in [0.15, 0.2) is 0 Å². The second kappa shape index (κ2) is 9.22. The van der Waals surface area contributed by atoms with Gasteiger partial charge in [-0.15, -0.1) is 0 Å². The van der Waals surface area contributed by atoms with E-state index in [9.17, 15) is 9.59 Å². The second-order valence-electron chi connectivity index (χ2n) is 4.95. The van der Waals surface area contributed by atoms with E-state index in [0.29, 0.717) is 6.42 Å². The Labute approximate surface area is 111 Å². The highest BCUT2D eigenvalue weighted by Crippen LogP contribution is 2.01. The fraction of sp³-hybridized carbons (Fsp3) is 0.857. The Kier molecular flexibility index (Phi) is 8.85. The Morgan fingerprint density at radius 2 is 1.72 bits per heavy atom. The molecule has 0 amide bonds. The number of hydrogen-bond acceptors (Lipinski definition) is 4. The number of nitrogens with zero attached hydrogens (tertiary/aromatic N) is 1. The molecular weight excluding hydrogens is 228 g/mol. The van der Waals surface area contributed by atoms with E-state index in [1.807, 2.05) is 0 Å². The predicted octanol–water partition coefficient (Wildman–Crippen LogP) is 1.63. The van der Waals surface area contributed by atoms with Crippen LogP contribution in [0.1, 0.15) is 47.5 Å². The van der Waals surface area contributed by atoms with E-state index in [0.717, 1.165) is 26.1 Å². The van der Waals surface area contributed by atoms with E-state index in [4.69, 9.17) is 0 Å². The molecule has 0 aromatic heterocycles. The van der Waals surface area contributed by atoms with Crippen LogP contribution in [0.2, 0.25) is 0 Å². The highest BCUT2D eigenvalue weighted by atomic mass is 16.1. The van der Waals surface area contributed by atoms with E-state index in [-0.39, 0.29) is 23.7 Å². The summed E-state index contributed by atoms with van der Waals surface area (Å²) in [6.07, 6.45) is 1.29. The van der Waals surface area contributed by atoms with Crippen LogP contribution in [0.3, 0.4) is 0 Å². The van der Waals surface area contributed by atoms with Crippen LogP contribution in [-0.2, 0) is 9.59 Å². The fourth-order valence-corrected chi connectivity index (χ4v) is 1.95. The highest BCUT2D eigenvalue weighted by Gasteiger charge is 2.18. The Hall–Kier alpha value is -0.740. The van der Waals surface area contributed by atoms with Gasteiger partial charge in [-0.05, 0) is 46.8 Å². The van der Waals surface area contributed by atoms with Crippen molar-refractivity contribution in [2.45, 2.75) is 59.5 Å². The molecule has 1 N–H and O–H groups in total. The first-order chi connectivity index (χ1) is 8.40. The summed E-state index contributed by atoms with van der Waals surface area (Å²) in [4.78, 5) is 24.9. The van der Waals surface area contributed by atoms with E-state index < -0.39 is 0 Å². The molecule has 18 heavy (non-hydrogen) atoms. The zero-order chi connectivity index (χ0) is 14.1. The average molecular weight is 256 g/mol. The van der Waals surface area contributed by atoms with Crippen LogP contribution in [0.5, 0.6) is 0 Å². The third kappa shape index (κ3) is 7.56.